The van der Waals surface area contributed by atoms with E-state index in [1.165, 1.54) is 0 Å². The van der Waals surface area contributed by atoms with E-state index >= 15 is 0 Å². The molecule has 4 heteroatoms. The van der Waals surface area contributed by atoms with E-state index in [1.54, 1.807) is 24.5 Å². The third-order valence-electron chi connectivity index (χ3n) is 1.59. The highest BCUT2D eigenvalue weighted by Crippen LogP contribution is 2.22. The normalized spacial score (nSPS) is 12.5. The van der Waals surface area contributed by atoms with Gasteiger partial charge in [-0.1, -0.05) is 29.3 Å². The van der Waals surface area contributed by atoms with Gasteiger partial charge >= 0.3 is 0 Å². The molecule has 0 saturated carbocycles. The molecule has 1 radical (unpaired) electrons. The minimum absolute atomic E-state index is 0.431. The van der Waals surface area contributed by atoms with Crippen molar-refractivity contribution >= 4 is 29.5 Å². The van der Waals surface area contributed by atoms with Crippen LogP contribution in [0.3, 0.4) is 0 Å². The smallest absolute Gasteiger partial charge is 0.217 e. The Balaban J connectivity index is 2.79. The van der Waals surface area contributed by atoms with Crippen molar-refractivity contribution in [1.29, 1.82) is 0 Å². The van der Waals surface area contributed by atoms with Crippen LogP contribution in [-0.4, -0.2) is 12.3 Å². The van der Waals surface area contributed by atoms with Crippen molar-refractivity contribution in [2.24, 2.45) is 5.73 Å². The largest absolute Gasteiger partial charge is 0.321 e. The van der Waals surface area contributed by atoms with Gasteiger partial charge in [0.15, 0.2) is 0 Å². The Morgan fingerprint density at radius 3 is 2.62 bits per heavy atom. The summed E-state index contributed by atoms with van der Waals surface area (Å²) in [6, 6.07) is 4.56. The van der Waals surface area contributed by atoms with Gasteiger partial charge in [-0.3, -0.25) is 4.79 Å². The number of carbonyl (C=O) groups excluding carboxylic acids is 1. The second kappa shape index (κ2) is 4.61. The molecule has 1 aromatic carbocycles. The van der Waals surface area contributed by atoms with Crippen LogP contribution in [-0.2, 0) is 11.2 Å². The molecule has 0 aromatic heterocycles. The third kappa shape index (κ3) is 2.99. The van der Waals surface area contributed by atoms with Crippen molar-refractivity contribution in [2.75, 3.05) is 0 Å². The fraction of sp³-hybridized carbons (Fsp3) is 0.222. The Morgan fingerprint density at radius 1 is 1.38 bits per heavy atom. The van der Waals surface area contributed by atoms with Gasteiger partial charge < -0.3 is 5.73 Å². The molecule has 0 amide bonds. The summed E-state index contributed by atoms with van der Waals surface area (Å²) in [5.74, 6) is 0. The average molecular weight is 217 g/mol. The van der Waals surface area contributed by atoms with Gasteiger partial charge in [0.05, 0.1) is 16.1 Å². The summed E-state index contributed by atoms with van der Waals surface area (Å²) < 4.78 is 0. The molecule has 0 aliphatic rings. The zero-order valence-electron chi connectivity index (χ0n) is 6.76. The number of hydrogen-bond acceptors (Lipinski definition) is 2. The Labute approximate surface area is 86.6 Å². The quantitative estimate of drug-likeness (QED) is 0.840. The highest BCUT2D eigenvalue weighted by molar-refractivity contribution is 6.42. The number of hydrogen-bond donors (Lipinski definition) is 1. The van der Waals surface area contributed by atoms with Crippen molar-refractivity contribution in [3.8, 4) is 0 Å². The van der Waals surface area contributed by atoms with Crippen molar-refractivity contribution in [3.05, 3.63) is 33.8 Å². The molecule has 0 unspecified atom stereocenters. The van der Waals surface area contributed by atoms with Crippen LogP contribution in [0, 0.1) is 0 Å². The lowest BCUT2D eigenvalue weighted by atomic mass is 10.1. The average Bonchev–Trinajstić information content (AvgIpc) is 2.11. The lowest BCUT2D eigenvalue weighted by Crippen LogP contribution is -2.23. The molecule has 0 aliphatic carbocycles. The van der Waals surface area contributed by atoms with Crippen LogP contribution in [0.1, 0.15) is 5.56 Å². The van der Waals surface area contributed by atoms with Gasteiger partial charge in [0.2, 0.25) is 6.29 Å². The van der Waals surface area contributed by atoms with Crippen LogP contribution in [0.4, 0.5) is 0 Å². The van der Waals surface area contributed by atoms with Crippen molar-refractivity contribution in [2.45, 2.75) is 12.5 Å². The first kappa shape index (κ1) is 10.5. The molecule has 0 saturated heterocycles. The molecule has 0 spiro atoms. The molecule has 1 rings (SSSR count). The molecule has 2 nitrogen and oxygen atoms in total. The Kier molecular flexibility index (Phi) is 3.72. The van der Waals surface area contributed by atoms with E-state index in [0.717, 1.165) is 5.56 Å². The van der Waals surface area contributed by atoms with Crippen LogP contribution in [0.25, 0.3) is 0 Å². The lowest BCUT2D eigenvalue weighted by Gasteiger charge is -2.04. The third-order valence-corrected chi connectivity index (χ3v) is 2.33. The van der Waals surface area contributed by atoms with E-state index in [2.05, 4.69) is 0 Å². The Hall–Kier alpha value is -0.570. The molecule has 0 aliphatic heterocycles. The molecule has 1 aromatic rings. The monoisotopic (exact) mass is 216 g/mol. The van der Waals surface area contributed by atoms with Crippen LogP contribution in [0.2, 0.25) is 10.0 Å². The summed E-state index contributed by atoms with van der Waals surface area (Å²) >= 11 is 11.5. The predicted octanol–water partition coefficient (Wildman–Crippen LogP) is 1.97. The maximum Gasteiger partial charge on any atom is 0.217 e. The molecule has 0 fully saturated rings. The maximum absolute atomic E-state index is 10.2. The first-order chi connectivity index (χ1) is 6.13. The summed E-state index contributed by atoms with van der Waals surface area (Å²) in [7, 11) is 0. The van der Waals surface area contributed by atoms with E-state index in [0.29, 0.717) is 16.5 Å². The van der Waals surface area contributed by atoms with E-state index in [4.69, 9.17) is 28.9 Å². The van der Waals surface area contributed by atoms with Crippen LogP contribution in [0.5, 0.6) is 0 Å². The lowest BCUT2D eigenvalue weighted by molar-refractivity contribution is 0.541. The van der Waals surface area contributed by atoms with Crippen molar-refractivity contribution in [3.63, 3.8) is 0 Å². The maximum atomic E-state index is 10.2. The minimum Gasteiger partial charge on any atom is -0.321 e. The highest BCUT2D eigenvalue weighted by atomic mass is 35.5. The van der Waals surface area contributed by atoms with Gasteiger partial charge in [0.25, 0.3) is 0 Å². The van der Waals surface area contributed by atoms with Crippen LogP contribution in [0.15, 0.2) is 18.2 Å². The van der Waals surface area contributed by atoms with Crippen LogP contribution >= 0.6 is 23.2 Å². The first-order valence-electron chi connectivity index (χ1n) is 3.70. The van der Waals surface area contributed by atoms with Crippen molar-refractivity contribution < 1.29 is 4.79 Å². The van der Waals surface area contributed by atoms with Gasteiger partial charge in [-0.25, -0.2) is 0 Å². The van der Waals surface area contributed by atoms with Gasteiger partial charge in [-0.05, 0) is 24.1 Å². The molecule has 69 valence electrons. The van der Waals surface area contributed by atoms with E-state index in [9.17, 15) is 4.79 Å². The summed E-state index contributed by atoms with van der Waals surface area (Å²) in [5.41, 5.74) is 6.27. The van der Waals surface area contributed by atoms with Gasteiger partial charge in [-0.15, -0.1) is 0 Å². The van der Waals surface area contributed by atoms with Gasteiger partial charge in [0.1, 0.15) is 0 Å². The minimum atomic E-state index is -0.600. The number of nitrogens with two attached hydrogens (primary N) is 1. The van der Waals surface area contributed by atoms with Crippen LogP contribution < -0.4 is 5.73 Å². The predicted molar refractivity (Wildman–Crippen MR) is 53.8 cm³/mol. The zero-order valence-corrected chi connectivity index (χ0v) is 8.27. The number of halogens is 2. The number of benzene rings is 1. The van der Waals surface area contributed by atoms with E-state index in [-0.39, 0.29) is 0 Å². The molecular formula is C9H8Cl2NO. The summed E-state index contributed by atoms with van der Waals surface area (Å²) in [6.45, 7) is 0. The molecular weight excluding hydrogens is 209 g/mol. The SMILES string of the molecule is N[C@H]([C]=O)Cc1ccc(Cl)c(Cl)c1. The Morgan fingerprint density at radius 2 is 2.08 bits per heavy atom. The fourth-order valence-electron chi connectivity index (χ4n) is 0.962. The topological polar surface area (TPSA) is 43.1 Å². The summed E-state index contributed by atoms with van der Waals surface area (Å²) in [4.78, 5) is 10.2. The fourth-order valence-corrected chi connectivity index (χ4v) is 1.28. The van der Waals surface area contributed by atoms with Gasteiger partial charge in [0, 0.05) is 0 Å². The van der Waals surface area contributed by atoms with Gasteiger partial charge in [-0.2, -0.15) is 0 Å². The highest BCUT2D eigenvalue weighted by Gasteiger charge is 2.04. The second-order valence-electron chi connectivity index (χ2n) is 2.68. The first-order valence-corrected chi connectivity index (χ1v) is 4.46. The summed E-state index contributed by atoms with van der Waals surface area (Å²) in [6.07, 6.45) is 2.13. The van der Waals surface area contributed by atoms with E-state index in [1.807, 2.05) is 0 Å². The second-order valence-corrected chi connectivity index (χ2v) is 3.49. The molecule has 0 bridgehead atoms. The standard InChI is InChI=1S/C9H8Cl2NO/c10-8-2-1-6(4-9(8)11)3-7(12)5-13/h1-2,4,7H,3,12H2/t7-/m0/s1. The molecule has 2 N–H and O–H groups in total. The van der Waals surface area contributed by atoms with Crippen molar-refractivity contribution in [1.82, 2.24) is 0 Å². The molecule has 1 atom stereocenters. The number of rotatable bonds is 3. The zero-order chi connectivity index (χ0) is 9.84. The van der Waals surface area contributed by atoms with E-state index < -0.39 is 6.04 Å². The molecule has 13 heavy (non-hydrogen) atoms. The molecule has 0 heterocycles. The Bertz CT molecular complexity index is 314. The summed E-state index contributed by atoms with van der Waals surface area (Å²) in [5, 5.41) is 0.964.